The van der Waals surface area contributed by atoms with Gasteiger partial charge in [-0.3, -0.25) is 4.79 Å². The minimum absolute atomic E-state index is 0.258. The standard InChI is InChI=1S/C18H16BrNO/c1-11-15(5-2-6-16(11)19)13-8-12-4-3-7-20-17(21)10-14(9-13)18(12)20/h2,5-6,8-9H,3-4,7,10H2,1H3. The lowest BCUT2D eigenvalue weighted by Crippen LogP contribution is -2.31. The number of hydrogen-bond donors (Lipinski definition) is 0. The summed E-state index contributed by atoms with van der Waals surface area (Å²) in [6.45, 7) is 3.02. The molecule has 0 fully saturated rings. The predicted molar refractivity (Wildman–Crippen MR) is 88.7 cm³/mol. The number of halogens is 1. The topological polar surface area (TPSA) is 20.3 Å². The van der Waals surface area contributed by atoms with Gasteiger partial charge in [-0.05, 0) is 65.8 Å². The van der Waals surface area contributed by atoms with Crippen LogP contribution in [0.25, 0.3) is 11.1 Å². The van der Waals surface area contributed by atoms with E-state index in [0.29, 0.717) is 6.42 Å². The van der Waals surface area contributed by atoms with Crippen LogP contribution in [0, 0.1) is 6.92 Å². The van der Waals surface area contributed by atoms with Crippen LogP contribution in [-0.4, -0.2) is 12.5 Å². The van der Waals surface area contributed by atoms with Gasteiger partial charge in [0.15, 0.2) is 0 Å². The lowest BCUT2D eigenvalue weighted by Gasteiger charge is -2.26. The van der Waals surface area contributed by atoms with E-state index in [4.69, 9.17) is 0 Å². The summed E-state index contributed by atoms with van der Waals surface area (Å²) in [5, 5.41) is 0. The molecule has 4 rings (SSSR count). The molecule has 0 aliphatic carbocycles. The summed E-state index contributed by atoms with van der Waals surface area (Å²) < 4.78 is 1.13. The predicted octanol–water partition coefficient (Wildman–Crippen LogP) is 4.26. The Labute approximate surface area is 132 Å². The fourth-order valence-electron chi connectivity index (χ4n) is 3.55. The Hall–Kier alpha value is -1.61. The molecule has 0 aromatic heterocycles. The van der Waals surface area contributed by atoms with Crippen LogP contribution in [0.2, 0.25) is 0 Å². The highest BCUT2D eigenvalue weighted by molar-refractivity contribution is 9.10. The Morgan fingerprint density at radius 3 is 2.86 bits per heavy atom. The normalized spacial score (nSPS) is 16.3. The van der Waals surface area contributed by atoms with E-state index in [2.05, 4.69) is 53.2 Å². The molecule has 106 valence electrons. The second-order valence-electron chi connectivity index (χ2n) is 5.88. The maximum atomic E-state index is 12.1. The van der Waals surface area contributed by atoms with Crippen molar-refractivity contribution in [1.82, 2.24) is 0 Å². The first kappa shape index (κ1) is 13.1. The number of nitrogens with zero attached hydrogens (tertiary/aromatic N) is 1. The largest absolute Gasteiger partial charge is 0.312 e. The number of carbonyl (C=O) groups excluding carboxylic acids is 1. The Morgan fingerprint density at radius 1 is 1.19 bits per heavy atom. The molecule has 0 spiro atoms. The molecule has 0 unspecified atom stereocenters. The molecule has 0 radical (unpaired) electrons. The molecule has 1 amide bonds. The van der Waals surface area contributed by atoms with Crippen molar-refractivity contribution >= 4 is 27.5 Å². The van der Waals surface area contributed by atoms with Gasteiger partial charge in [0.2, 0.25) is 5.91 Å². The number of carbonyl (C=O) groups is 1. The molecule has 0 bridgehead atoms. The zero-order valence-electron chi connectivity index (χ0n) is 11.9. The van der Waals surface area contributed by atoms with Crippen LogP contribution >= 0.6 is 15.9 Å². The SMILES string of the molecule is Cc1c(Br)cccc1-c1cc2c3c(c1)CC(=O)N3CCC2. The maximum absolute atomic E-state index is 12.1. The van der Waals surface area contributed by atoms with Gasteiger partial charge in [0.1, 0.15) is 0 Å². The molecule has 2 heterocycles. The highest BCUT2D eigenvalue weighted by Crippen LogP contribution is 2.40. The molecule has 3 heteroatoms. The summed E-state index contributed by atoms with van der Waals surface area (Å²) in [5.74, 6) is 0.258. The molecule has 2 aromatic carbocycles. The lowest BCUT2D eigenvalue weighted by molar-refractivity contribution is -0.117. The highest BCUT2D eigenvalue weighted by atomic mass is 79.9. The fraction of sp³-hybridized carbons (Fsp3) is 0.278. The average molecular weight is 342 g/mol. The third-order valence-corrected chi connectivity index (χ3v) is 5.45. The number of rotatable bonds is 1. The number of amides is 1. The zero-order chi connectivity index (χ0) is 14.6. The van der Waals surface area contributed by atoms with Crippen molar-refractivity contribution in [2.75, 3.05) is 11.4 Å². The monoisotopic (exact) mass is 341 g/mol. The van der Waals surface area contributed by atoms with Crippen molar-refractivity contribution in [3.05, 3.63) is 51.5 Å². The highest BCUT2D eigenvalue weighted by Gasteiger charge is 2.32. The van der Waals surface area contributed by atoms with Gasteiger partial charge in [-0.1, -0.05) is 28.1 Å². The number of hydrogen-bond acceptors (Lipinski definition) is 1. The maximum Gasteiger partial charge on any atom is 0.231 e. The first-order chi connectivity index (χ1) is 10.1. The lowest BCUT2D eigenvalue weighted by atomic mass is 9.92. The van der Waals surface area contributed by atoms with E-state index in [0.717, 1.165) is 23.9 Å². The van der Waals surface area contributed by atoms with Crippen LogP contribution < -0.4 is 4.90 Å². The smallest absolute Gasteiger partial charge is 0.231 e. The molecule has 2 aromatic rings. The van der Waals surface area contributed by atoms with Crippen LogP contribution in [0.1, 0.15) is 23.1 Å². The van der Waals surface area contributed by atoms with Gasteiger partial charge in [0.25, 0.3) is 0 Å². The molecular formula is C18H16BrNO. The van der Waals surface area contributed by atoms with Crippen LogP contribution in [-0.2, 0) is 17.6 Å². The Kier molecular flexibility index (Phi) is 2.93. The molecule has 2 nitrogen and oxygen atoms in total. The summed E-state index contributed by atoms with van der Waals surface area (Å²) in [4.78, 5) is 14.1. The minimum Gasteiger partial charge on any atom is -0.312 e. The van der Waals surface area contributed by atoms with Crippen molar-refractivity contribution in [1.29, 1.82) is 0 Å². The summed E-state index contributed by atoms with van der Waals surface area (Å²) >= 11 is 3.61. The van der Waals surface area contributed by atoms with E-state index in [1.165, 1.54) is 33.5 Å². The van der Waals surface area contributed by atoms with Gasteiger partial charge in [-0.2, -0.15) is 0 Å². The minimum atomic E-state index is 0.258. The first-order valence-corrected chi connectivity index (χ1v) is 8.16. The van der Waals surface area contributed by atoms with E-state index in [-0.39, 0.29) is 5.91 Å². The Morgan fingerprint density at radius 2 is 2.00 bits per heavy atom. The van der Waals surface area contributed by atoms with Crippen LogP contribution in [0.3, 0.4) is 0 Å². The number of aryl methyl sites for hydroxylation is 1. The van der Waals surface area contributed by atoms with E-state index >= 15 is 0 Å². The van der Waals surface area contributed by atoms with E-state index < -0.39 is 0 Å². The molecule has 0 saturated heterocycles. The quantitative estimate of drug-likeness (QED) is 0.758. The summed E-state index contributed by atoms with van der Waals surface area (Å²) in [5.41, 5.74) is 7.47. The van der Waals surface area contributed by atoms with E-state index in [1.54, 1.807) is 0 Å². The number of benzene rings is 2. The van der Waals surface area contributed by atoms with Crippen LogP contribution in [0.5, 0.6) is 0 Å². The Bertz CT molecular complexity index is 766. The molecule has 0 atom stereocenters. The second kappa shape index (κ2) is 4.70. The molecule has 21 heavy (non-hydrogen) atoms. The van der Waals surface area contributed by atoms with Crippen LogP contribution in [0.15, 0.2) is 34.8 Å². The fourth-order valence-corrected chi connectivity index (χ4v) is 3.92. The molecule has 0 N–H and O–H groups in total. The molecule has 2 aliphatic rings. The van der Waals surface area contributed by atoms with Crippen LogP contribution in [0.4, 0.5) is 5.69 Å². The van der Waals surface area contributed by atoms with Gasteiger partial charge in [-0.15, -0.1) is 0 Å². The third-order valence-electron chi connectivity index (χ3n) is 4.59. The van der Waals surface area contributed by atoms with Gasteiger partial charge in [-0.25, -0.2) is 0 Å². The average Bonchev–Trinajstić information content (AvgIpc) is 2.80. The van der Waals surface area contributed by atoms with E-state index in [9.17, 15) is 4.79 Å². The Balaban J connectivity index is 1.92. The van der Waals surface area contributed by atoms with Gasteiger partial charge in [0, 0.05) is 11.0 Å². The van der Waals surface area contributed by atoms with Crippen molar-refractivity contribution in [2.45, 2.75) is 26.2 Å². The molecular weight excluding hydrogens is 326 g/mol. The van der Waals surface area contributed by atoms with Gasteiger partial charge < -0.3 is 4.90 Å². The van der Waals surface area contributed by atoms with Crippen molar-refractivity contribution < 1.29 is 4.79 Å². The molecule has 2 aliphatic heterocycles. The third kappa shape index (κ3) is 1.95. The van der Waals surface area contributed by atoms with Gasteiger partial charge in [0.05, 0.1) is 12.1 Å². The summed E-state index contributed by atoms with van der Waals surface area (Å²) in [6.07, 6.45) is 2.70. The summed E-state index contributed by atoms with van der Waals surface area (Å²) in [7, 11) is 0. The number of anilines is 1. The first-order valence-electron chi connectivity index (χ1n) is 7.37. The molecule has 0 saturated carbocycles. The van der Waals surface area contributed by atoms with Crippen molar-refractivity contribution in [3.8, 4) is 11.1 Å². The van der Waals surface area contributed by atoms with Crippen molar-refractivity contribution in [2.24, 2.45) is 0 Å². The van der Waals surface area contributed by atoms with E-state index in [1.807, 2.05) is 4.90 Å². The van der Waals surface area contributed by atoms with Gasteiger partial charge >= 0.3 is 0 Å². The summed E-state index contributed by atoms with van der Waals surface area (Å²) in [6, 6.07) is 10.8. The zero-order valence-corrected chi connectivity index (χ0v) is 13.5. The second-order valence-corrected chi connectivity index (χ2v) is 6.74. The van der Waals surface area contributed by atoms with Crippen molar-refractivity contribution in [3.63, 3.8) is 0 Å².